The highest BCUT2D eigenvalue weighted by atomic mass is 16.3. The highest BCUT2D eigenvalue weighted by Crippen LogP contribution is 2.41. The van der Waals surface area contributed by atoms with Gasteiger partial charge in [0.2, 0.25) is 0 Å². The Morgan fingerprint density at radius 1 is 0.323 bits per heavy atom. The Labute approximate surface area is 373 Å². The minimum atomic E-state index is 0.586. The molecule has 7 nitrogen and oxygen atoms in total. The second kappa shape index (κ2) is 14.9. The first-order valence-electron chi connectivity index (χ1n) is 21.7. The van der Waals surface area contributed by atoms with E-state index in [0.717, 1.165) is 105 Å². The van der Waals surface area contributed by atoms with E-state index >= 15 is 0 Å². The van der Waals surface area contributed by atoms with Crippen molar-refractivity contribution >= 4 is 54.8 Å². The largest absolute Gasteiger partial charge is 0.456 e. The zero-order chi connectivity index (χ0) is 42.8. The number of fused-ring (bicyclic) bond motifs is 7. The van der Waals surface area contributed by atoms with Gasteiger partial charge in [0.15, 0.2) is 17.5 Å². The summed E-state index contributed by atoms with van der Waals surface area (Å²) in [5, 5.41) is 4.24. The number of aromatic nitrogens is 6. The van der Waals surface area contributed by atoms with E-state index in [1.165, 1.54) is 0 Å². The van der Waals surface area contributed by atoms with E-state index in [-0.39, 0.29) is 0 Å². The predicted molar refractivity (Wildman–Crippen MR) is 263 cm³/mol. The Morgan fingerprint density at radius 3 is 1.51 bits per heavy atom. The fourth-order valence-corrected chi connectivity index (χ4v) is 9.38. The lowest BCUT2D eigenvalue weighted by atomic mass is 9.99. The standard InChI is InChI=1S/C58H36N6O/c1-5-16-37(17-6-1)55-60-56(38-18-7-2-8-19-38)62-57(61-55)44-24-15-27-53-54(44)47-35-40(30-33-52(47)65-53)39-28-31-49-45(34-39)46-36-41(29-32-50(46)63(49)42-20-9-3-10-21-42)58-59-48-25-13-14-26-51(48)64(58)43-22-11-4-12-23-43/h1-36H. The van der Waals surface area contributed by atoms with E-state index in [2.05, 4.69) is 149 Å². The third-order valence-corrected chi connectivity index (χ3v) is 12.4. The Balaban J connectivity index is 0.998. The first-order valence-corrected chi connectivity index (χ1v) is 21.7. The Bertz CT molecular complexity index is 3870. The van der Waals surface area contributed by atoms with Crippen LogP contribution in [0.2, 0.25) is 0 Å². The summed E-state index contributed by atoms with van der Waals surface area (Å²) in [6.07, 6.45) is 0. The highest BCUT2D eigenvalue weighted by molar-refractivity contribution is 6.14. The average Bonchev–Trinajstić information content (AvgIpc) is 4.06. The number of para-hydroxylation sites is 4. The van der Waals surface area contributed by atoms with E-state index in [4.69, 9.17) is 24.4 Å². The molecule has 7 heteroatoms. The molecule has 0 atom stereocenters. The summed E-state index contributed by atoms with van der Waals surface area (Å²) in [5.74, 6) is 2.71. The fraction of sp³-hybridized carbons (Fsp3) is 0. The summed E-state index contributed by atoms with van der Waals surface area (Å²) >= 11 is 0. The van der Waals surface area contributed by atoms with Crippen molar-refractivity contribution in [2.45, 2.75) is 0 Å². The van der Waals surface area contributed by atoms with Gasteiger partial charge >= 0.3 is 0 Å². The van der Waals surface area contributed by atoms with Crippen molar-refractivity contribution in [3.8, 4) is 68.1 Å². The highest BCUT2D eigenvalue weighted by Gasteiger charge is 2.21. The molecule has 0 radical (unpaired) electrons. The van der Waals surface area contributed by atoms with Gasteiger partial charge in [0.25, 0.3) is 0 Å². The van der Waals surface area contributed by atoms with Crippen LogP contribution in [0.15, 0.2) is 223 Å². The molecule has 13 rings (SSSR count). The molecular formula is C58H36N6O. The van der Waals surface area contributed by atoms with Crippen LogP contribution in [0.25, 0.3) is 123 Å². The van der Waals surface area contributed by atoms with Gasteiger partial charge in [-0.15, -0.1) is 0 Å². The second-order valence-electron chi connectivity index (χ2n) is 16.3. The molecule has 0 aliphatic heterocycles. The normalized spacial score (nSPS) is 11.7. The van der Waals surface area contributed by atoms with E-state index in [1.54, 1.807) is 0 Å². The molecule has 0 saturated carbocycles. The van der Waals surface area contributed by atoms with Crippen LogP contribution in [0, 0.1) is 0 Å². The molecule has 4 aromatic heterocycles. The van der Waals surface area contributed by atoms with Crippen molar-refractivity contribution in [2.75, 3.05) is 0 Å². The summed E-state index contributed by atoms with van der Waals surface area (Å²) < 4.78 is 11.2. The molecule has 65 heavy (non-hydrogen) atoms. The van der Waals surface area contributed by atoms with Gasteiger partial charge in [-0.2, -0.15) is 0 Å². The van der Waals surface area contributed by atoms with E-state index in [9.17, 15) is 0 Å². The molecule has 0 amide bonds. The van der Waals surface area contributed by atoms with Crippen LogP contribution in [-0.2, 0) is 0 Å². The van der Waals surface area contributed by atoms with Crippen molar-refractivity contribution < 1.29 is 4.42 Å². The summed E-state index contributed by atoms with van der Waals surface area (Å²) in [7, 11) is 0. The van der Waals surface area contributed by atoms with Gasteiger partial charge in [-0.3, -0.25) is 4.57 Å². The maximum Gasteiger partial charge on any atom is 0.164 e. The van der Waals surface area contributed by atoms with Crippen LogP contribution in [0.4, 0.5) is 0 Å². The maximum atomic E-state index is 6.55. The van der Waals surface area contributed by atoms with Crippen LogP contribution >= 0.6 is 0 Å². The molecule has 0 bridgehead atoms. The van der Waals surface area contributed by atoms with Crippen LogP contribution in [-0.4, -0.2) is 29.1 Å². The number of furan rings is 1. The Morgan fingerprint density at radius 2 is 0.846 bits per heavy atom. The molecule has 4 heterocycles. The molecule has 0 N–H and O–H groups in total. The smallest absolute Gasteiger partial charge is 0.164 e. The summed E-state index contributed by atoms with van der Waals surface area (Å²) in [6, 6.07) is 75.7. The lowest BCUT2D eigenvalue weighted by molar-refractivity contribution is 0.669. The molecule has 0 fully saturated rings. The van der Waals surface area contributed by atoms with Crippen LogP contribution < -0.4 is 0 Å². The van der Waals surface area contributed by atoms with Gasteiger partial charge in [-0.25, -0.2) is 19.9 Å². The van der Waals surface area contributed by atoms with Gasteiger partial charge in [-0.1, -0.05) is 133 Å². The van der Waals surface area contributed by atoms with Crippen molar-refractivity contribution in [1.29, 1.82) is 0 Å². The van der Waals surface area contributed by atoms with Gasteiger partial charge in [0.05, 0.1) is 22.1 Å². The molecule has 9 aromatic carbocycles. The van der Waals surface area contributed by atoms with Crippen LogP contribution in [0.3, 0.4) is 0 Å². The number of benzene rings is 9. The van der Waals surface area contributed by atoms with Gasteiger partial charge in [0.1, 0.15) is 17.0 Å². The predicted octanol–water partition coefficient (Wildman–Crippen LogP) is 14.5. The zero-order valence-electron chi connectivity index (χ0n) is 34.9. The third kappa shape index (κ3) is 6.13. The van der Waals surface area contributed by atoms with Gasteiger partial charge in [0, 0.05) is 55.2 Å². The van der Waals surface area contributed by atoms with E-state index in [1.807, 2.05) is 78.9 Å². The molecule has 304 valence electrons. The van der Waals surface area contributed by atoms with Crippen molar-refractivity contribution in [3.05, 3.63) is 218 Å². The number of rotatable bonds is 7. The lowest BCUT2D eigenvalue weighted by Crippen LogP contribution is -2.00. The van der Waals surface area contributed by atoms with Crippen molar-refractivity contribution in [1.82, 2.24) is 29.1 Å². The van der Waals surface area contributed by atoms with E-state index < -0.39 is 0 Å². The summed E-state index contributed by atoms with van der Waals surface area (Å²) in [4.78, 5) is 20.4. The molecule has 0 aliphatic carbocycles. The fourth-order valence-electron chi connectivity index (χ4n) is 9.38. The number of nitrogens with zero attached hydrogens (tertiary/aromatic N) is 6. The SMILES string of the molecule is c1ccc(-c2nc(-c3ccccc3)nc(-c3cccc4oc5ccc(-c6ccc7c(c6)c6cc(-c8nc9ccccc9n8-c8ccccc8)ccc6n7-c6ccccc6)cc5c34)n2)cc1. The van der Waals surface area contributed by atoms with Gasteiger partial charge < -0.3 is 8.98 Å². The molecule has 0 spiro atoms. The number of imidazole rings is 1. The second-order valence-corrected chi connectivity index (χ2v) is 16.3. The minimum absolute atomic E-state index is 0.586. The molecule has 0 aliphatic rings. The molecule has 0 unspecified atom stereocenters. The first-order chi connectivity index (χ1) is 32.2. The summed E-state index contributed by atoms with van der Waals surface area (Å²) in [5.41, 5.74) is 13.9. The topological polar surface area (TPSA) is 74.6 Å². The van der Waals surface area contributed by atoms with E-state index in [0.29, 0.717) is 17.5 Å². The zero-order valence-corrected chi connectivity index (χ0v) is 34.9. The van der Waals surface area contributed by atoms with Crippen LogP contribution in [0.5, 0.6) is 0 Å². The van der Waals surface area contributed by atoms with Crippen molar-refractivity contribution in [2.24, 2.45) is 0 Å². The quantitative estimate of drug-likeness (QED) is 0.160. The number of hydrogen-bond acceptors (Lipinski definition) is 5. The monoisotopic (exact) mass is 832 g/mol. The molecular weight excluding hydrogens is 797 g/mol. The van der Waals surface area contributed by atoms with Crippen molar-refractivity contribution in [3.63, 3.8) is 0 Å². The average molecular weight is 833 g/mol. The first kappa shape index (κ1) is 36.7. The summed E-state index contributed by atoms with van der Waals surface area (Å²) in [6.45, 7) is 0. The molecule has 13 aromatic rings. The lowest BCUT2D eigenvalue weighted by Gasteiger charge is -2.10. The maximum absolute atomic E-state index is 6.55. The Kier molecular flexibility index (Phi) is 8.39. The van der Waals surface area contributed by atoms with Gasteiger partial charge in [-0.05, 0) is 96.1 Å². The third-order valence-electron chi connectivity index (χ3n) is 12.4. The van der Waals surface area contributed by atoms with Crippen LogP contribution in [0.1, 0.15) is 0 Å². The molecule has 0 saturated heterocycles. The Hall–Kier alpha value is -8.94. The minimum Gasteiger partial charge on any atom is -0.456 e. The number of hydrogen-bond donors (Lipinski definition) is 0.